The Balaban J connectivity index is 2.02. The van der Waals surface area contributed by atoms with Crippen LogP contribution in [0, 0.1) is 5.92 Å². The second-order valence-electron chi connectivity index (χ2n) is 7.71. The molecule has 0 radical (unpaired) electrons. The maximum atomic E-state index is 12.7. The lowest BCUT2D eigenvalue weighted by Crippen LogP contribution is -2.31. The Morgan fingerprint density at radius 2 is 1.77 bits per heavy atom. The molecule has 2 aromatic rings. The quantitative estimate of drug-likeness (QED) is 0.512. The zero-order valence-corrected chi connectivity index (χ0v) is 19.0. The number of rotatable bonds is 11. The van der Waals surface area contributed by atoms with Crippen molar-refractivity contribution in [1.29, 1.82) is 0 Å². The average molecular weight is 447 g/mol. The normalized spacial score (nSPS) is 11.2. The van der Waals surface area contributed by atoms with Gasteiger partial charge in [0.2, 0.25) is 0 Å². The Labute approximate surface area is 184 Å². The van der Waals surface area contributed by atoms with Crippen molar-refractivity contribution in [3.05, 3.63) is 59.7 Å². The maximum Gasteiger partial charge on any atom is 0.338 e. The molecular weight excluding hydrogens is 416 g/mol. The van der Waals surface area contributed by atoms with Crippen LogP contribution >= 0.6 is 0 Å². The van der Waals surface area contributed by atoms with Crippen LogP contribution in [0.25, 0.3) is 0 Å². The fourth-order valence-corrected chi connectivity index (χ4v) is 3.81. The first-order chi connectivity index (χ1) is 14.7. The SMILES string of the molecule is CCCCc1ccc(NS(=O)(=O)c2cccc(C(=O)OCC(=O)NCC(C)C)c2)cc1. The van der Waals surface area contributed by atoms with Gasteiger partial charge in [0.25, 0.3) is 15.9 Å². The fourth-order valence-electron chi connectivity index (χ4n) is 2.71. The van der Waals surface area contributed by atoms with Gasteiger partial charge in [-0.3, -0.25) is 9.52 Å². The molecule has 0 aliphatic carbocycles. The minimum atomic E-state index is -3.89. The number of benzene rings is 2. The Hall–Kier alpha value is -2.87. The molecule has 2 N–H and O–H groups in total. The number of anilines is 1. The van der Waals surface area contributed by atoms with Crippen molar-refractivity contribution in [2.75, 3.05) is 17.9 Å². The van der Waals surface area contributed by atoms with Crippen molar-refractivity contribution in [2.45, 2.75) is 44.9 Å². The zero-order valence-electron chi connectivity index (χ0n) is 18.2. The van der Waals surface area contributed by atoms with Gasteiger partial charge in [-0.1, -0.05) is 45.4 Å². The molecule has 8 heteroatoms. The predicted molar refractivity (Wildman–Crippen MR) is 120 cm³/mol. The summed E-state index contributed by atoms with van der Waals surface area (Å²) < 4.78 is 32.9. The summed E-state index contributed by atoms with van der Waals surface area (Å²) in [4.78, 5) is 23.9. The van der Waals surface area contributed by atoms with Crippen molar-refractivity contribution in [3.8, 4) is 0 Å². The molecule has 2 rings (SSSR count). The first kappa shape index (κ1) is 24.4. The molecule has 168 valence electrons. The number of carbonyl (C=O) groups excluding carboxylic acids is 2. The van der Waals surface area contributed by atoms with Crippen molar-refractivity contribution in [1.82, 2.24) is 5.32 Å². The van der Waals surface area contributed by atoms with Crippen molar-refractivity contribution < 1.29 is 22.7 Å². The van der Waals surface area contributed by atoms with Crippen LogP contribution in [-0.2, 0) is 26.0 Å². The number of sulfonamides is 1. The van der Waals surface area contributed by atoms with E-state index in [-0.39, 0.29) is 16.4 Å². The van der Waals surface area contributed by atoms with Crippen LogP contribution in [0.5, 0.6) is 0 Å². The molecule has 0 aliphatic heterocycles. The minimum Gasteiger partial charge on any atom is -0.452 e. The van der Waals surface area contributed by atoms with Crippen LogP contribution in [0.2, 0.25) is 0 Å². The van der Waals surface area contributed by atoms with Crippen LogP contribution in [-0.4, -0.2) is 33.4 Å². The minimum absolute atomic E-state index is 0.0504. The summed E-state index contributed by atoms with van der Waals surface area (Å²) in [6, 6.07) is 12.7. The summed E-state index contributed by atoms with van der Waals surface area (Å²) >= 11 is 0. The van der Waals surface area contributed by atoms with Gasteiger partial charge in [-0.25, -0.2) is 13.2 Å². The molecule has 0 fully saturated rings. The molecule has 0 aliphatic rings. The number of ether oxygens (including phenoxy) is 1. The average Bonchev–Trinajstić information content (AvgIpc) is 2.75. The summed E-state index contributed by atoms with van der Waals surface area (Å²) in [6.45, 7) is 6.08. The van der Waals surface area contributed by atoms with Gasteiger partial charge in [-0.2, -0.15) is 0 Å². The van der Waals surface area contributed by atoms with Gasteiger partial charge >= 0.3 is 5.97 Å². The lowest BCUT2D eigenvalue weighted by Gasteiger charge is -2.11. The molecule has 0 bridgehead atoms. The number of carbonyl (C=O) groups is 2. The second kappa shape index (κ2) is 11.5. The van der Waals surface area contributed by atoms with Crippen LogP contribution < -0.4 is 10.0 Å². The van der Waals surface area contributed by atoms with Crippen LogP contribution in [0.4, 0.5) is 5.69 Å². The second-order valence-corrected chi connectivity index (χ2v) is 9.39. The zero-order chi connectivity index (χ0) is 22.9. The Morgan fingerprint density at radius 1 is 1.06 bits per heavy atom. The number of hydrogen-bond donors (Lipinski definition) is 2. The number of aryl methyl sites for hydroxylation is 1. The molecule has 2 aromatic carbocycles. The number of esters is 1. The molecule has 1 amide bonds. The van der Waals surface area contributed by atoms with Crippen LogP contribution in [0.1, 0.15) is 49.5 Å². The number of unbranched alkanes of at least 4 members (excludes halogenated alkanes) is 1. The highest BCUT2D eigenvalue weighted by molar-refractivity contribution is 7.92. The van der Waals surface area contributed by atoms with Crippen LogP contribution in [0.3, 0.4) is 0 Å². The molecule has 31 heavy (non-hydrogen) atoms. The summed E-state index contributed by atoms with van der Waals surface area (Å²) in [5.41, 5.74) is 1.64. The van der Waals surface area contributed by atoms with Crippen molar-refractivity contribution >= 4 is 27.6 Å². The van der Waals surface area contributed by atoms with E-state index in [4.69, 9.17) is 4.74 Å². The standard InChI is InChI=1S/C23H30N2O5S/c1-4-5-7-18-10-12-20(13-11-18)25-31(28,29)21-9-6-8-19(14-21)23(27)30-16-22(26)24-15-17(2)3/h6,8-14,17,25H,4-5,7,15-16H2,1-3H3,(H,24,26). The van der Waals surface area contributed by atoms with Crippen molar-refractivity contribution in [3.63, 3.8) is 0 Å². The molecule has 0 unspecified atom stereocenters. The molecular formula is C23H30N2O5S. The van der Waals surface area contributed by atoms with E-state index in [0.717, 1.165) is 24.8 Å². The summed E-state index contributed by atoms with van der Waals surface area (Å²) in [6.07, 6.45) is 3.12. The molecule has 0 saturated carbocycles. The topological polar surface area (TPSA) is 102 Å². The Bertz CT molecular complexity index is 985. The van der Waals surface area contributed by atoms with Gasteiger partial charge in [-0.05, 0) is 54.7 Å². The summed E-state index contributed by atoms with van der Waals surface area (Å²) in [5.74, 6) is -0.895. The molecule has 0 spiro atoms. The Kier molecular flexibility index (Phi) is 9.05. The molecule has 0 aromatic heterocycles. The van der Waals surface area contributed by atoms with E-state index in [1.165, 1.54) is 24.3 Å². The van der Waals surface area contributed by atoms with Gasteiger partial charge in [0.1, 0.15) is 0 Å². The van der Waals surface area contributed by atoms with E-state index in [9.17, 15) is 18.0 Å². The maximum absolute atomic E-state index is 12.7. The van der Waals surface area contributed by atoms with Gasteiger partial charge in [0, 0.05) is 12.2 Å². The molecule has 0 heterocycles. The van der Waals surface area contributed by atoms with E-state index in [0.29, 0.717) is 12.2 Å². The summed E-state index contributed by atoms with van der Waals surface area (Å²) in [5, 5.41) is 2.64. The van der Waals surface area contributed by atoms with E-state index in [1.807, 2.05) is 26.0 Å². The van der Waals surface area contributed by atoms with Crippen molar-refractivity contribution in [2.24, 2.45) is 5.92 Å². The largest absolute Gasteiger partial charge is 0.452 e. The van der Waals surface area contributed by atoms with Gasteiger partial charge in [0.15, 0.2) is 6.61 Å². The number of amides is 1. The lowest BCUT2D eigenvalue weighted by atomic mass is 10.1. The highest BCUT2D eigenvalue weighted by Gasteiger charge is 2.18. The van der Waals surface area contributed by atoms with E-state index in [1.54, 1.807) is 12.1 Å². The molecule has 7 nitrogen and oxygen atoms in total. The monoisotopic (exact) mass is 446 g/mol. The van der Waals surface area contributed by atoms with E-state index >= 15 is 0 Å². The first-order valence-corrected chi connectivity index (χ1v) is 11.8. The lowest BCUT2D eigenvalue weighted by molar-refractivity contribution is -0.124. The third-order valence-corrected chi connectivity index (χ3v) is 5.83. The first-order valence-electron chi connectivity index (χ1n) is 10.4. The third-order valence-electron chi connectivity index (χ3n) is 4.45. The van der Waals surface area contributed by atoms with Gasteiger partial charge in [-0.15, -0.1) is 0 Å². The van der Waals surface area contributed by atoms with Gasteiger partial charge < -0.3 is 10.1 Å². The van der Waals surface area contributed by atoms with Gasteiger partial charge in [0.05, 0.1) is 10.5 Å². The molecule has 0 atom stereocenters. The Morgan fingerprint density at radius 3 is 2.42 bits per heavy atom. The molecule has 0 saturated heterocycles. The predicted octanol–water partition coefficient (Wildman–Crippen LogP) is 3.76. The van der Waals surface area contributed by atoms with E-state index in [2.05, 4.69) is 17.0 Å². The van der Waals surface area contributed by atoms with Crippen LogP contribution in [0.15, 0.2) is 53.4 Å². The third kappa shape index (κ3) is 8.05. The van der Waals surface area contributed by atoms with E-state index < -0.39 is 28.5 Å². The smallest absolute Gasteiger partial charge is 0.338 e. The number of nitrogens with one attached hydrogen (secondary N) is 2. The number of hydrogen-bond acceptors (Lipinski definition) is 5. The summed E-state index contributed by atoms with van der Waals surface area (Å²) in [7, 11) is -3.89. The fraction of sp³-hybridized carbons (Fsp3) is 0.391. The highest BCUT2D eigenvalue weighted by atomic mass is 32.2. The highest BCUT2D eigenvalue weighted by Crippen LogP contribution is 2.19.